The zero-order valence-electron chi connectivity index (χ0n) is 12.1. The zero-order chi connectivity index (χ0) is 14.5. The molecule has 0 aromatic heterocycles. The third-order valence-corrected chi connectivity index (χ3v) is 3.28. The summed E-state index contributed by atoms with van der Waals surface area (Å²) in [5.41, 5.74) is 0.157. The van der Waals surface area contributed by atoms with Crippen molar-refractivity contribution in [2.24, 2.45) is 0 Å². The molecular weight excluding hydrogens is 309 g/mol. The van der Waals surface area contributed by atoms with Gasteiger partial charge in [-0.25, -0.2) is 4.39 Å². The molecule has 0 aliphatic carbocycles. The highest BCUT2D eigenvalue weighted by atomic mass is 79.9. The molecule has 0 aliphatic heterocycles. The van der Waals surface area contributed by atoms with Crippen molar-refractivity contribution in [1.29, 1.82) is 0 Å². The van der Waals surface area contributed by atoms with Crippen LogP contribution in [0.3, 0.4) is 0 Å². The number of ether oxygens (including phenoxy) is 1. The summed E-state index contributed by atoms with van der Waals surface area (Å²) >= 11 is 3.31. The molecule has 1 rings (SSSR count). The Morgan fingerprint density at radius 2 is 2.05 bits per heavy atom. The molecule has 0 radical (unpaired) electrons. The Morgan fingerprint density at radius 3 is 2.63 bits per heavy atom. The molecule has 0 spiro atoms. The highest BCUT2D eigenvalue weighted by Crippen LogP contribution is 2.26. The third-order valence-electron chi connectivity index (χ3n) is 2.66. The molecule has 108 valence electrons. The fourth-order valence-electron chi connectivity index (χ4n) is 1.70. The molecule has 1 aromatic rings. The highest BCUT2D eigenvalue weighted by Gasteiger charge is 2.10. The summed E-state index contributed by atoms with van der Waals surface area (Å²) in [7, 11) is 0. The van der Waals surface area contributed by atoms with E-state index in [1.54, 1.807) is 6.07 Å². The van der Waals surface area contributed by atoms with Crippen molar-refractivity contribution in [2.75, 3.05) is 6.54 Å². The molecule has 0 saturated heterocycles. The zero-order valence-corrected chi connectivity index (χ0v) is 13.7. The summed E-state index contributed by atoms with van der Waals surface area (Å²) in [6, 6.07) is 4.49. The lowest BCUT2D eigenvalue weighted by Gasteiger charge is -2.21. The molecule has 1 atom stereocenters. The second-order valence-corrected chi connectivity index (χ2v) is 6.68. The van der Waals surface area contributed by atoms with Crippen LogP contribution in [0.15, 0.2) is 22.7 Å². The topological polar surface area (TPSA) is 21.3 Å². The summed E-state index contributed by atoms with van der Waals surface area (Å²) in [5.74, 6) is 0.430. The molecule has 0 aliphatic rings. The van der Waals surface area contributed by atoms with Crippen molar-refractivity contribution in [3.8, 4) is 5.75 Å². The molecule has 2 nitrogen and oxygen atoms in total. The van der Waals surface area contributed by atoms with E-state index >= 15 is 0 Å². The van der Waals surface area contributed by atoms with Gasteiger partial charge in [0.05, 0.1) is 10.6 Å². The van der Waals surface area contributed by atoms with E-state index in [1.807, 2.05) is 6.92 Å². The van der Waals surface area contributed by atoms with Crippen molar-refractivity contribution in [3.05, 3.63) is 28.5 Å². The lowest BCUT2D eigenvalue weighted by Crippen LogP contribution is -2.36. The second kappa shape index (κ2) is 7.25. The molecule has 4 heteroatoms. The minimum Gasteiger partial charge on any atom is -0.490 e. The largest absolute Gasteiger partial charge is 0.490 e. The maximum absolute atomic E-state index is 13.0. The fraction of sp³-hybridized carbons (Fsp3) is 0.600. The molecule has 0 heterocycles. The fourth-order valence-corrected chi connectivity index (χ4v) is 2.14. The standard InChI is InChI=1S/C15H23BrFNO/c1-11(6-5-9-18-15(2,3)4)19-14-8-7-12(17)10-13(14)16/h7-8,10-11,18H,5-6,9H2,1-4H3. The van der Waals surface area contributed by atoms with E-state index in [4.69, 9.17) is 4.74 Å². The maximum atomic E-state index is 13.0. The van der Waals surface area contributed by atoms with Crippen LogP contribution in [0.1, 0.15) is 40.5 Å². The Kier molecular flexibility index (Phi) is 6.27. The van der Waals surface area contributed by atoms with Crippen LogP contribution >= 0.6 is 15.9 Å². The van der Waals surface area contributed by atoms with Crippen molar-refractivity contribution in [2.45, 2.75) is 52.2 Å². The first-order chi connectivity index (χ1) is 8.78. The van der Waals surface area contributed by atoms with Gasteiger partial charge in [-0.2, -0.15) is 0 Å². The average Bonchev–Trinajstić information content (AvgIpc) is 2.27. The highest BCUT2D eigenvalue weighted by molar-refractivity contribution is 9.10. The van der Waals surface area contributed by atoms with Gasteiger partial charge < -0.3 is 10.1 Å². The van der Waals surface area contributed by atoms with Crippen molar-refractivity contribution in [3.63, 3.8) is 0 Å². The lowest BCUT2D eigenvalue weighted by molar-refractivity contribution is 0.204. The summed E-state index contributed by atoms with van der Waals surface area (Å²) in [5, 5.41) is 3.45. The number of nitrogens with one attached hydrogen (secondary N) is 1. The molecule has 0 bridgehead atoms. The molecule has 1 aromatic carbocycles. The minimum atomic E-state index is -0.263. The number of rotatable bonds is 6. The second-order valence-electron chi connectivity index (χ2n) is 5.82. The predicted molar refractivity (Wildman–Crippen MR) is 81.2 cm³/mol. The Morgan fingerprint density at radius 1 is 1.37 bits per heavy atom. The third kappa shape index (κ3) is 6.92. The van der Waals surface area contributed by atoms with E-state index in [0.717, 1.165) is 19.4 Å². The van der Waals surface area contributed by atoms with Gasteiger partial charge >= 0.3 is 0 Å². The SMILES string of the molecule is CC(CCCNC(C)(C)C)Oc1ccc(F)cc1Br. The summed E-state index contributed by atoms with van der Waals surface area (Å²) in [6.07, 6.45) is 2.13. The van der Waals surface area contributed by atoms with E-state index < -0.39 is 0 Å². The monoisotopic (exact) mass is 331 g/mol. The van der Waals surface area contributed by atoms with Gasteiger partial charge in [-0.15, -0.1) is 0 Å². The maximum Gasteiger partial charge on any atom is 0.134 e. The number of hydrogen-bond donors (Lipinski definition) is 1. The van der Waals surface area contributed by atoms with Crippen molar-refractivity contribution >= 4 is 15.9 Å². The molecule has 0 amide bonds. The number of halogens is 2. The Balaban J connectivity index is 2.33. The van der Waals surface area contributed by atoms with Crippen LogP contribution in [-0.4, -0.2) is 18.2 Å². The summed E-state index contributed by atoms with van der Waals surface area (Å²) in [6.45, 7) is 9.47. The van der Waals surface area contributed by atoms with Crippen LogP contribution in [0, 0.1) is 5.82 Å². The Bertz CT molecular complexity index is 404. The first-order valence-corrected chi connectivity index (χ1v) is 7.44. The van der Waals surface area contributed by atoms with E-state index in [1.165, 1.54) is 12.1 Å². The minimum absolute atomic E-state index is 0.114. The molecule has 0 saturated carbocycles. The lowest BCUT2D eigenvalue weighted by atomic mass is 10.1. The normalized spacial score (nSPS) is 13.4. The van der Waals surface area contributed by atoms with Gasteiger partial charge in [0.2, 0.25) is 0 Å². The first-order valence-electron chi connectivity index (χ1n) is 6.64. The average molecular weight is 332 g/mol. The summed E-state index contributed by atoms with van der Waals surface area (Å²) < 4.78 is 19.4. The van der Waals surface area contributed by atoms with E-state index in [-0.39, 0.29) is 17.5 Å². The molecule has 19 heavy (non-hydrogen) atoms. The van der Waals surface area contributed by atoms with Crippen LogP contribution in [-0.2, 0) is 0 Å². The van der Waals surface area contributed by atoms with Crippen molar-refractivity contribution in [1.82, 2.24) is 5.32 Å². The van der Waals surface area contributed by atoms with Gasteiger partial charge in [-0.1, -0.05) is 0 Å². The molecule has 1 unspecified atom stereocenters. The van der Waals surface area contributed by atoms with Crippen LogP contribution in [0.2, 0.25) is 0 Å². The van der Waals surface area contributed by atoms with Gasteiger partial charge in [-0.3, -0.25) is 0 Å². The number of benzene rings is 1. The molecular formula is C15H23BrFNO. The van der Waals surface area contributed by atoms with Gasteiger partial charge in [0.1, 0.15) is 11.6 Å². The molecule has 1 N–H and O–H groups in total. The van der Waals surface area contributed by atoms with E-state index in [0.29, 0.717) is 10.2 Å². The van der Waals surface area contributed by atoms with E-state index in [2.05, 4.69) is 42.0 Å². The van der Waals surface area contributed by atoms with Gasteiger partial charge in [-0.05, 0) is 81.2 Å². The first kappa shape index (κ1) is 16.4. The molecule has 0 fully saturated rings. The van der Waals surface area contributed by atoms with Crippen LogP contribution in [0.4, 0.5) is 4.39 Å². The van der Waals surface area contributed by atoms with Crippen LogP contribution in [0.25, 0.3) is 0 Å². The van der Waals surface area contributed by atoms with Crippen LogP contribution in [0.5, 0.6) is 5.75 Å². The predicted octanol–water partition coefficient (Wildman–Crippen LogP) is 4.52. The number of hydrogen-bond acceptors (Lipinski definition) is 2. The van der Waals surface area contributed by atoms with Gasteiger partial charge in [0.25, 0.3) is 0 Å². The van der Waals surface area contributed by atoms with Gasteiger partial charge in [0.15, 0.2) is 0 Å². The van der Waals surface area contributed by atoms with E-state index in [9.17, 15) is 4.39 Å². The van der Waals surface area contributed by atoms with Crippen molar-refractivity contribution < 1.29 is 9.13 Å². The summed E-state index contributed by atoms with van der Waals surface area (Å²) in [4.78, 5) is 0. The Labute approximate surface area is 123 Å². The Hall–Kier alpha value is -0.610. The van der Waals surface area contributed by atoms with Crippen LogP contribution < -0.4 is 10.1 Å². The smallest absolute Gasteiger partial charge is 0.134 e. The quantitative estimate of drug-likeness (QED) is 0.773. The van der Waals surface area contributed by atoms with Gasteiger partial charge in [0, 0.05) is 5.54 Å².